The highest BCUT2D eigenvalue weighted by atomic mass is 16.5. The minimum Gasteiger partial charge on any atom is -0.493 e. The van der Waals surface area contributed by atoms with Crippen LogP contribution in [0.15, 0.2) is 30.3 Å². The number of carbonyl (C=O) groups excluding carboxylic acids is 2. The third-order valence-electron chi connectivity index (χ3n) is 6.25. The molecule has 1 heterocycles. The summed E-state index contributed by atoms with van der Waals surface area (Å²) in [6.45, 7) is 8.79. The van der Waals surface area contributed by atoms with Crippen LogP contribution in [0.25, 0.3) is 0 Å². The molecule has 1 aliphatic heterocycles. The molecule has 2 aromatic rings. The molecule has 0 aromatic heterocycles. The van der Waals surface area contributed by atoms with Crippen molar-refractivity contribution in [3.63, 3.8) is 0 Å². The highest BCUT2D eigenvalue weighted by Gasteiger charge is 2.26. The van der Waals surface area contributed by atoms with E-state index in [2.05, 4.69) is 5.32 Å². The molecule has 1 N–H and O–H groups in total. The van der Waals surface area contributed by atoms with Gasteiger partial charge in [0.15, 0.2) is 23.0 Å². The molecule has 1 aliphatic rings. The summed E-state index contributed by atoms with van der Waals surface area (Å²) in [5.74, 6) is 2.66. The Morgan fingerprint density at radius 3 is 1.92 bits per heavy atom. The number of carbonyl (C=O) groups is 2. The van der Waals surface area contributed by atoms with Crippen LogP contribution in [0.1, 0.15) is 54.3 Å². The Labute approximate surface area is 219 Å². The molecule has 37 heavy (non-hydrogen) atoms. The molecule has 0 atom stereocenters. The smallest absolute Gasteiger partial charge is 0.254 e. The Balaban J connectivity index is 1.60. The molecule has 0 saturated carbocycles. The second kappa shape index (κ2) is 13.6. The number of ether oxygens (including phenoxy) is 5. The third kappa shape index (κ3) is 6.99. The van der Waals surface area contributed by atoms with E-state index in [4.69, 9.17) is 23.7 Å². The summed E-state index contributed by atoms with van der Waals surface area (Å²) < 4.78 is 27.8. The molecule has 0 radical (unpaired) electrons. The van der Waals surface area contributed by atoms with E-state index in [1.807, 2.05) is 25.7 Å². The molecule has 0 bridgehead atoms. The molecule has 1 saturated heterocycles. The molecule has 9 nitrogen and oxygen atoms in total. The van der Waals surface area contributed by atoms with E-state index >= 15 is 0 Å². The zero-order chi connectivity index (χ0) is 26.8. The van der Waals surface area contributed by atoms with E-state index in [0.717, 1.165) is 12.8 Å². The number of hydrogen-bond acceptors (Lipinski definition) is 7. The van der Waals surface area contributed by atoms with Crippen LogP contribution >= 0.6 is 0 Å². The van der Waals surface area contributed by atoms with E-state index in [1.54, 1.807) is 37.4 Å². The van der Waals surface area contributed by atoms with Crippen molar-refractivity contribution < 1.29 is 33.3 Å². The number of hydrogen-bond donors (Lipinski definition) is 1. The van der Waals surface area contributed by atoms with Crippen LogP contribution in [-0.4, -0.2) is 70.4 Å². The molecule has 202 valence electrons. The third-order valence-corrected chi connectivity index (χ3v) is 6.25. The molecule has 3 rings (SSSR count). The number of piperidine rings is 1. The molecule has 1 fully saturated rings. The Bertz CT molecular complexity index is 1040. The van der Waals surface area contributed by atoms with E-state index in [9.17, 15) is 9.59 Å². The van der Waals surface area contributed by atoms with Crippen molar-refractivity contribution in [1.29, 1.82) is 0 Å². The van der Waals surface area contributed by atoms with Crippen LogP contribution in [0, 0.1) is 5.92 Å². The maximum Gasteiger partial charge on any atom is 0.254 e. The molecular weight excluding hydrogens is 476 g/mol. The van der Waals surface area contributed by atoms with Gasteiger partial charge in [0.1, 0.15) is 0 Å². The Morgan fingerprint density at radius 2 is 1.38 bits per heavy atom. The minimum atomic E-state index is -0.166. The quantitative estimate of drug-likeness (QED) is 0.454. The second-order valence-electron chi connectivity index (χ2n) is 8.62. The monoisotopic (exact) mass is 514 g/mol. The molecule has 9 heteroatoms. The highest BCUT2D eigenvalue weighted by Crippen LogP contribution is 2.39. The number of benzene rings is 2. The van der Waals surface area contributed by atoms with Gasteiger partial charge < -0.3 is 33.9 Å². The first-order valence-electron chi connectivity index (χ1n) is 12.8. The van der Waals surface area contributed by atoms with E-state index in [0.29, 0.717) is 79.3 Å². The van der Waals surface area contributed by atoms with Gasteiger partial charge in [0.25, 0.3) is 11.8 Å². The van der Waals surface area contributed by atoms with Crippen LogP contribution in [-0.2, 0) is 0 Å². The van der Waals surface area contributed by atoms with Gasteiger partial charge in [-0.2, -0.15) is 0 Å². The van der Waals surface area contributed by atoms with Crippen molar-refractivity contribution in [3.8, 4) is 28.7 Å². The fourth-order valence-electron chi connectivity index (χ4n) is 4.35. The SMILES string of the molecule is CCOc1cc(C(=O)N2CCC(CNC(=O)c3ccc(OC)c(OC)c3)CC2)cc(OCC)c1OCC. The van der Waals surface area contributed by atoms with Gasteiger partial charge >= 0.3 is 0 Å². The predicted octanol–water partition coefficient (Wildman–Crippen LogP) is 4.18. The van der Waals surface area contributed by atoms with Crippen LogP contribution in [0.5, 0.6) is 28.7 Å². The molecule has 2 aromatic carbocycles. The van der Waals surface area contributed by atoms with Crippen molar-refractivity contribution in [1.82, 2.24) is 10.2 Å². The lowest BCUT2D eigenvalue weighted by atomic mass is 9.96. The zero-order valence-electron chi connectivity index (χ0n) is 22.4. The average Bonchev–Trinajstić information content (AvgIpc) is 2.93. The van der Waals surface area contributed by atoms with Crippen molar-refractivity contribution in [2.75, 3.05) is 53.7 Å². The molecule has 2 amide bonds. The number of nitrogens with zero attached hydrogens (tertiary/aromatic N) is 1. The van der Waals surface area contributed by atoms with Gasteiger partial charge in [-0.3, -0.25) is 9.59 Å². The topological polar surface area (TPSA) is 95.6 Å². The van der Waals surface area contributed by atoms with E-state index < -0.39 is 0 Å². The van der Waals surface area contributed by atoms with Gasteiger partial charge in [0.05, 0.1) is 34.0 Å². The first-order chi connectivity index (χ1) is 17.9. The Hall–Kier alpha value is -3.62. The van der Waals surface area contributed by atoms with Gasteiger partial charge in [0.2, 0.25) is 5.75 Å². The van der Waals surface area contributed by atoms with Crippen LogP contribution in [0.2, 0.25) is 0 Å². The van der Waals surface area contributed by atoms with Gasteiger partial charge in [-0.15, -0.1) is 0 Å². The normalized spacial score (nSPS) is 13.6. The molecule has 0 spiro atoms. The highest BCUT2D eigenvalue weighted by molar-refractivity contribution is 5.96. The number of likely N-dealkylation sites (tertiary alicyclic amines) is 1. The minimum absolute atomic E-state index is 0.0715. The van der Waals surface area contributed by atoms with Gasteiger partial charge in [0, 0.05) is 30.8 Å². The second-order valence-corrected chi connectivity index (χ2v) is 8.62. The molecule has 0 aliphatic carbocycles. The molecule has 0 unspecified atom stereocenters. The first kappa shape index (κ1) is 28.0. The maximum atomic E-state index is 13.3. The van der Waals surface area contributed by atoms with Crippen molar-refractivity contribution in [2.45, 2.75) is 33.6 Å². The first-order valence-corrected chi connectivity index (χ1v) is 12.8. The summed E-state index contributed by atoms with van der Waals surface area (Å²) >= 11 is 0. The zero-order valence-corrected chi connectivity index (χ0v) is 22.4. The number of rotatable bonds is 12. The number of nitrogens with one attached hydrogen (secondary N) is 1. The fraction of sp³-hybridized carbons (Fsp3) is 0.500. The number of amides is 2. The summed E-state index contributed by atoms with van der Waals surface area (Å²) in [7, 11) is 3.09. The summed E-state index contributed by atoms with van der Waals surface area (Å²) in [4.78, 5) is 27.8. The summed E-state index contributed by atoms with van der Waals surface area (Å²) in [5.41, 5.74) is 1.02. The van der Waals surface area contributed by atoms with Crippen LogP contribution in [0.4, 0.5) is 0 Å². The van der Waals surface area contributed by atoms with Crippen LogP contribution < -0.4 is 29.0 Å². The largest absolute Gasteiger partial charge is 0.493 e. The molecular formula is C28H38N2O7. The lowest BCUT2D eigenvalue weighted by molar-refractivity contribution is 0.0683. The predicted molar refractivity (Wildman–Crippen MR) is 140 cm³/mol. The van der Waals surface area contributed by atoms with Crippen molar-refractivity contribution in [3.05, 3.63) is 41.5 Å². The van der Waals surface area contributed by atoms with Crippen molar-refractivity contribution >= 4 is 11.8 Å². The van der Waals surface area contributed by atoms with Gasteiger partial charge in [-0.05, 0) is 69.9 Å². The Morgan fingerprint density at radius 1 is 0.811 bits per heavy atom. The average molecular weight is 515 g/mol. The van der Waals surface area contributed by atoms with Crippen LogP contribution in [0.3, 0.4) is 0 Å². The lowest BCUT2D eigenvalue weighted by Gasteiger charge is -2.32. The standard InChI is InChI=1S/C28H38N2O7/c1-6-35-24-16-21(17-25(36-7-2)26(24)37-8-3)28(32)30-13-11-19(12-14-30)18-29-27(31)20-9-10-22(33-4)23(15-20)34-5/h9-10,15-17,19H,6-8,11-14,18H2,1-5H3,(H,29,31). The van der Waals surface area contributed by atoms with Crippen molar-refractivity contribution in [2.24, 2.45) is 5.92 Å². The maximum absolute atomic E-state index is 13.3. The van der Waals surface area contributed by atoms with Gasteiger partial charge in [-0.25, -0.2) is 0 Å². The summed E-state index contributed by atoms with van der Waals surface area (Å²) in [6, 6.07) is 8.55. The fourth-order valence-corrected chi connectivity index (χ4v) is 4.35. The lowest BCUT2D eigenvalue weighted by Crippen LogP contribution is -2.41. The Kier molecular flexibility index (Phi) is 10.3. The van der Waals surface area contributed by atoms with E-state index in [-0.39, 0.29) is 17.7 Å². The summed E-state index contributed by atoms with van der Waals surface area (Å²) in [5, 5.41) is 3.01. The summed E-state index contributed by atoms with van der Waals surface area (Å²) in [6.07, 6.45) is 1.59. The number of methoxy groups -OCH3 is 2. The van der Waals surface area contributed by atoms with Gasteiger partial charge in [-0.1, -0.05) is 0 Å². The van der Waals surface area contributed by atoms with E-state index in [1.165, 1.54) is 7.11 Å².